The fourth-order valence-electron chi connectivity index (χ4n) is 0.899. The van der Waals surface area contributed by atoms with Gasteiger partial charge in [-0.3, -0.25) is 0 Å². The molecule has 0 unspecified atom stereocenters. The highest BCUT2D eigenvalue weighted by Gasteiger charge is 2.04. The predicted octanol–water partition coefficient (Wildman–Crippen LogP) is 2.42. The van der Waals surface area contributed by atoms with E-state index in [1.807, 2.05) is 11.4 Å². The van der Waals surface area contributed by atoms with Crippen molar-refractivity contribution in [1.82, 2.24) is 0 Å². The summed E-state index contributed by atoms with van der Waals surface area (Å²) in [6, 6.07) is 3.94. The Kier molecular flexibility index (Phi) is 1.34. The van der Waals surface area contributed by atoms with Crippen LogP contribution in [0.5, 0.6) is 0 Å². The van der Waals surface area contributed by atoms with Crippen LogP contribution in [0, 0.1) is 11.3 Å². The Morgan fingerprint density at radius 3 is 3.00 bits per heavy atom. The van der Waals surface area contributed by atoms with E-state index in [4.69, 9.17) is 11.0 Å². The summed E-state index contributed by atoms with van der Waals surface area (Å²) >= 11 is 3.09. The second kappa shape index (κ2) is 2.22. The molecule has 0 bridgehead atoms. The van der Waals surface area contributed by atoms with Gasteiger partial charge < -0.3 is 5.73 Å². The number of nitrogen functional groups attached to an aromatic ring is 1. The Morgan fingerprint density at radius 1 is 1.55 bits per heavy atom. The van der Waals surface area contributed by atoms with Gasteiger partial charge in [-0.05, 0) is 6.07 Å². The third-order valence-corrected chi connectivity index (χ3v) is 3.59. The van der Waals surface area contributed by atoms with Crippen LogP contribution in [0.1, 0.15) is 4.88 Å². The lowest BCUT2D eigenvalue weighted by Crippen LogP contribution is -1.77. The highest BCUT2D eigenvalue weighted by atomic mass is 32.2. The summed E-state index contributed by atoms with van der Waals surface area (Å²) in [5, 5.41) is 11.5. The molecule has 0 atom stereocenters. The maximum Gasteiger partial charge on any atom is 0.110 e. The van der Waals surface area contributed by atoms with E-state index < -0.39 is 0 Å². The van der Waals surface area contributed by atoms with Crippen molar-refractivity contribution in [3.63, 3.8) is 0 Å². The molecule has 2 nitrogen and oxygen atoms in total. The molecule has 0 fully saturated rings. The Labute approximate surface area is 71.5 Å². The van der Waals surface area contributed by atoms with Crippen LogP contribution in [0.4, 0.5) is 5.69 Å². The van der Waals surface area contributed by atoms with Gasteiger partial charge in [-0.2, -0.15) is 5.26 Å². The summed E-state index contributed by atoms with van der Waals surface area (Å²) in [5.41, 5.74) is 6.43. The molecule has 0 saturated carbocycles. The van der Waals surface area contributed by atoms with E-state index in [9.17, 15) is 0 Å². The average Bonchev–Trinajstić information content (AvgIpc) is 2.53. The number of nitrogens with two attached hydrogens (primary N) is 1. The lowest BCUT2D eigenvalue weighted by Gasteiger charge is -1.78. The predicted molar refractivity (Wildman–Crippen MR) is 48.8 cm³/mol. The average molecular weight is 180 g/mol. The molecule has 54 valence electrons. The van der Waals surface area contributed by atoms with Crippen LogP contribution in [-0.4, -0.2) is 0 Å². The van der Waals surface area contributed by atoms with Crippen LogP contribution in [0.2, 0.25) is 0 Å². The summed E-state index contributed by atoms with van der Waals surface area (Å²) in [7, 11) is 0. The van der Waals surface area contributed by atoms with Gasteiger partial charge in [0.15, 0.2) is 0 Å². The van der Waals surface area contributed by atoms with Crippen LogP contribution >= 0.6 is 22.7 Å². The quantitative estimate of drug-likeness (QED) is 0.676. The topological polar surface area (TPSA) is 49.8 Å². The van der Waals surface area contributed by atoms with Crippen LogP contribution in [0.15, 0.2) is 11.4 Å². The zero-order chi connectivity index (χ0) is 7.84. The fourth-order valence-corrected chi connectivity index (χ4v) is 2.88. The summed E-state index contributed by atoms with van der Waals surface area (Å²) in [5.74, 6) is 0. The lowest BCUT2D eigenvalue weighted by molar-refractivity contribution is 1.52. The van der Waals surface area contributed by atoms with Crippen LogP contribution in [-0.2, 0) is 0 Å². The number of fused-ring (bicyclic) bond motifs is 1. The largest absolute Gasteiger partial charge is 0.398 e. The maximum absolute atomic E-state index is 8.57. The van der Waals surface area contributed by atoms with Crippen molar-refractivity contribution in [3.05, 3.63) is 16.3 Å². The fraction of sp³-hybridized carbons (Fsp3) is 0. The van der Waals surface area contributed by atoms with Crippen LogP contribution in [0.25, 0.3) is 9.40 Å². The first-order chi connectivity index (χ1) is 5.31. The monoisotopic (exact) mass is 180 g/mol. The Hall–Kier alpha value is -1.05. The molecule has 2 aromatic heterocycles. The van der Waals surface area contributed by atoms with Crippen LogP contribution < -0.4 is 5.73 Å². The van der Waals surface area contributed by atoms with Gasteiger partial charge >= 0.3 is 0 Å². The Bertz CT molecular complexity index is 433. The number of hydrogen-bond donors (Lipinski definition) is 1. The molecule has 0 spiro atoms. The molecule has 2 rings (SSSR count). The Morgan fingerprint density at radius 2 is 2.36 bits per heavy atom. The van der Waals surface area contributed by atoms with Gasteiger partial charge in [0.2, 0.25) is 0 Å². The van der Waals surface area contributed by atoms with Gasteiger partial charge in [-0.1, -0.05) is 0 Å². The zero-order valence-electron chi connectivity index (χ0n) is 5.50. The molecule has 0 aliphatic rings. The number of thiophene rings is 2. The van der Waals surface area contributed by atoms with Gasteiger partial charge in [0.1, 0.15) is 10.9 Å². The van der Waals surface area contributed by atoms with E-state index in [1.165, 1.54) is 11.3 Å². The van der Waals surface area contributed by atoms with Crippen molar-refractivity contribution >= 4 is 37.8 Å². The molecule has 0 aliphatic carbocycles. The Balaban J connectivity index is 2.82. The second-order valence-electron chi connectivity index (χ2n) is 2.11. The van der Waals surface area contributed by atoms with Crippen molar-refractivity contribution in [2.75, 3.05) is 5.73 Å². The highest BCUT2D eigenvalue weighted by molar-refractivity contribution is 7.38. The number of rotatable bonds is 0. The first kappa shape index (κ1) is 6.65. The van der Waals surface area contributed by atoms with Gasteiger partial charge in [0.05, 0.1) is 9.70 Å². The zero-order valence-corrected chi connectivity index (χ0v) is 7.13. The molecule has 2 N–H and O–H groups in total. The minimum Gasteiger partial charge on any atom is -0.398 e. The van der Waals surface area contributed by atoms with Gasteiger partial charge in [0, 0.05) is 10.8 Å². The standard InChI is InChI=1S/C7H4N2S2/c8-2-4-1-5-6(9)3-10-7(5)11-4/h1,3H,9H2. The van der Waals surface area contributed by atoms with Crippen molar-refractivity contribution in [3.8, 4) is 6.07 Å². The number of nitriles is 1. The van der Waals surface area contributed by atoms with E-state index in [1.54, 1.807) is 11.3 Å². The minimum absolute atomic E-state index is 0.735. The summed E-state index contributed by atoms with van der Waals surface area (Å²) in [6.45, 7) is 0. The maximum atomic E-state index is 8.57. The SMILES string of the molecule is N#Cc1cc2c(N)csc2s1. The van der Waals surface area contributed by atoms with Gasteiger partial charge in [-0.15, -0.1) is 22.7 Å². The van der Waals surface area contributed by atoms with E-state index in [0.717, 1.165) is 20.0 Å². The van der Waals surface area contributed by atoms with Gasteiger partial charge in [-0.25, -0.2) is 0 Å². The first-order valence-corrected chi connectivity index (χ1v) is 4.67. The molecule has 2 aromatic rings. The lowest BCUT2D eigenvalue weighted by atomic mass is 10.3. The summed E-state index contributed by atoms with van der Waals surface area (Å²) < 4.78 is 1.14. The van der Waals surface area contributed by atoms with Crippen molar-refractivity contribution < 1.29 is 0 Å². The molecule has 0 amide bonds. The summed E-state index contributed by atoms with van der Waals surface area (Å²) in [6.07, 6.45) is 0. The molecule has 2 heterocycles. The molecule has 0 radical (unpaired) electrons. The van der Waals surface area contributed by atoms with Crippen LogP contribution in [0.3, 0.4) is 0 Å². The number of hydrogen-bond acceptors (Lipinski definition) is 4. The second-order valence-corrected chi connectivity index (χ2v) is 4.30. The number of anilines is 1. The smallest absolute Gasteiger partial charge is 0.110 e. The van der Waals surface area contributed by atoms with Crippen molar-refractivity contribution in [2.45, 2.75) is 0 Å². The molecule has 0 aromatic carbocycles. The van der Waals surface area contributed by atoms with Crippen molar-refractivity contribution in [2.24, 2.45) is 0 Å². The third kappa shape index (κ3) is 0.897. The molecular formula is C7H4N2S2. The summed E-state index contributed by atoms with van der Waals surface area (Å²) in [4.78, 5) is 0.735. The number of nitrogens with zero attached hydrogens (tertiary/aromatic N) is 1. The minimum atomic E-state index is 0.735. The third-order valence-electron chi connectivity index (χ3n) is 1.41. The molecule has 0 saturated heterocycles. The van der Waals surface area contributed by atoms with E-state index in [-0.39, 0.29) is 0 Å². The first-order valence-electron chi connectivity index (χ1n) is 2.98. The van der Waals surface area contributed by atoms with E-state index in [0.29, 0.717) is 0 Å². The molecule has 0 aliphatic heterocycles. The normalized spacial score (nSPS) is 10.1. The van der Waals surface area contributed by atoms with Gasteiger partial charge in [0.25, 0.3) is 0 Å². The van der Waals surface area contributed by atoms with E-state index in [2.05, 4.69) is 6.07 Å². The van der Waals surface area contributed by atoms with Crippen molar-refractivity contribution in [1.29, 1.82) is 5.26 Å². The molecule has 4 heteroatoms. The molecular weight excluding hydrogens is 176 g/mol. The van der Waals surface area contributed by atoms with E-state index >= 15 is 0 Å². The molecule has 11 heavy (non-hydrogen) atoms. The highest BCUT2D eigenvalue weighted by Crippen LogP contribution is 2.34.